The Bertz CT molecular complexity index is 1080. The van der Waals surface area contributed by atoms with Gasteiger partial charge in [-0.15, -0.1) is 0 Å². The lowest BCUT2D eigenvalue weighted by Crippen LogP contribution is -2.48. The molecule has 1 aliphatic heterocycles. The molecule has 0 atom stereocenters. The Labute approximate surface area is 208 Å². The molecule has 7 nitrogen and oxygen atoms in total. The van der Waals surface area contributed by atoms with Gasteiger partial charge in [-0.2, -0.15) is 0 Å². The first-order chi connectivity index (χ1) is 17.0. The fourth-order valence-electron chi connectivity index (χ4n) is 4.57. The summed E-state index contributed by atoms with van der Waals surface area (Å²) >= 11 is 0. The minimum Gasteiger partial charge on any atom is -0.493 e. The maximum Gasteiger partial charge on any atom is 0.161 e. The number of rotatable bonds is 11. The summed E-state index contributed by atoms with van der Waals surface area (Å²) in [6, 6.07) is 12.5. The summed E-state index contributed by atoms with van der Waals surface area (Å²) in [6.45, 7) is 8.81. The molecular weight excluding hydrogens is 442 g/mol. The van der Waals surface area contributed by atoms with E-state index in [9.17, 15) is 0 Å². The number of hydrogen-bond acceptors (Lipinski definition) is 6. The van der Waals surface area contributed by atoms with Crippen molar-refractivity contribution >= 4 is 0 Å². The molecule has 2 heterocycles. The van der Waals surface area contributed by atoms with Gasteiger partial charge in [-0.05, 0) is 56.0 Å². The second kappa shape index (κ2) is 11.6. The molecule has 0 spiro atoms. The lowest BCUT2D eigenvalue weighted by molar-refractivity contribution is -0.0840. The zero-order valence-electron chi connectivity index (χ0n) is 21.3. The van der Waals surface area contributed by atoms with Gasteiger partial charge in [0.15, 0.2) is 11.5 Å². The van der Waals surface area contributed by atoms with Crippen molar-refractivity contribution in [3.63, 3.8) is 0 Å². The highest BCUT2D eigenvalue weighted by atomic mass is 16.5. The Morgan fingerprint density at radius 1 is 0.943 bits per heavy atom. The van der Waals surface area contributed by atoms with E-state index in [1.807, 2.05) is 16.8 Å². The standard InChI is InChI=1S/C28H37N3O4/c1-22-5-7-25(23(2)17-22)35-20-28(33-4)9-12-30(13-10-28)19-24-6-8-26(32-3)27(18-24)34-16-15-31-14-11-29-21-31/h5-8,11,14,17-18,21H,9-10,12-13,15-16,19-20H2,1-4H3. The molecule has 3 aromatic rings. The molecule has 1 fully saturated rings. The quantitative estimate of drug-likeness (QED) is 0.399. The van der Waals surface area contributed by atoms with Crippen LogP contribution in [-0.2, 0) is 17.8 Å². The number of aromatic nitrogens is 2. The molecule has 0 radical (unpaired) electrons. The highest BCUT2D eigenvalue weighted by molar-refractivity contribution is 5.43. The largest absolute Gasteiger partial charge is 0.493 e. The van der Waals surface area contributed by atoms with Crippen molar-refractivity contribution in [1.82, 2.24) is 14.5 Å². The van der Waals surface area contributed by atoms with E-state index in [0.717, 1.165) is 61.8 Å². The lowest BCUT2D eigenvalue weighted by Gasteiger charge is -2.40. The smallest absolute Gasteiger partial charge is 0.161 e. The molecular formula is C28H37N3O4. The number of nitrogens with zero attached hydrogens (tertiary/aromatic N) is 3. The van der Waals surface area contributed by atoms with Crippen molar-refractivity contribution in [3.8, 4) is 17.2 Å². The summed E-state index contributed by atoms with van der Waals surface area (Å²) in [5.74, 6) is 2.46. The van der Waals surface area contributed by atoms with Crippen molar-refractivity contribution < 1.29 is 18.9 Å². The van der Waals surface area contributed by atoms with Crippen LogP contribution in [0.25, 0.3) is 0 Å². The van der Waals surface area contributed by atoms with E-state index in [1.165, 1.54) is 11.1 Å². The summed E-state index contributed by atoms with van der Waals surface area (Å²) in [7, 11) is 3.48. The number of ether oxygens (including phenoxy) is 4. The van der Waals surface area contributed by atoms with Crippen molar-refractivity contribution in [2.45, 2.75) is 45.4 Å². The summed E-state index contributed by atoms with van der Waals surface area (Å²) < 4.78 is 25.7. The van der Waals surface area contributed by atoms with Crippen LogP contribution < -0.4 is 14.2 Å². The van der Waals surface area contributed by atoms with Crippen molar-refractivity contribution in [3.05, 3.63) is 71.8 Å². The average Bonchev–Trinajstić information content (AvgIpc) is 3.38. The molecule has 0 saturated carbocycles. The zero-order valence-corrected chi connectivity index (χ0v) is 21.3. The molecule has 1 aliphatic rings. The molecule has 188 valence electrons. The second-order valence-electron chi connectivity index (χ2n) is 9.36. The van der Waals surface area contributed by atoms with Gasteiger partial charge in [-0.1, -0.05) is 23.8 Å². The molecule has 35 heavy (non-hydrogen) atoms. The van der Waals surface area contributed by atoms with Gasteiger partial charge in [-0.25, -0.2) is 4.98 Å². The minimum absolute atomic E-state index is 0.255. The second-order valence-corrected chi connectivity index (χ2v) is 9.36. The predicted octanol–water partition coefficient (Wildman–Crippen LogP) is 4.65. The van der Waals surface area contributed by atoms with Crippen LogP contribution in [0.5, 0.6) is 17.2 Å². The van der Waals surface area contributed by atoms with Crippen LogP contribution in [0.1, 0.15) is 29.5 Å². The molecule has 1 aromatic heterocycles. The Morgan fingerprint density at radius 2 is 1.74 bits per heavy atom. The normalized spacial score (nSPS) is 15.7. The van der Waals surface area contributed by atoms with Crippen LogP contribution in [0.4, 0.5) is 0 Å². The third-order valence-electron chi connectivity index (χ3n) is 6.82. The van der Waals surface area contributed by atoms with Gasteiger partial charge in [0.1, 0.15) is 24.6 Å². The summed E-state index contributed by atoms with van der Waals surface area (Å²) in [5, 5.41) is 0. The average molecular weight is 480 g/mol. The monoisotopic (exact) mass is 479 g/mol. The number of methoxy groups -OCH3 is 2. The third kappa shape index (κ3) is 6.55. The highest BCUT2D eigenvalue weighted by Crippen LogP contribution is 2.31. The van der Waals surface area contributed by atoms with E-state index < -0.39 is 0 Å². The van der Waals surface area contributed by atoms with E-state index in [2.05, 4.69) is 54.1 Å². The lowest BCUT2D eigenvalue weighted by atomic mass is 9.91. The first-order valence-electron chi connectivity index (χ1n) is 12.2. The highest BCUT2D eigenvalue weighted by Gasteiger charge is 2.35. The van der Waals surface area contributed by atoms with E-state index in [1.54, 1.807) is 26.7 Å². The Hall–Kier alpha value is -3.03. The molecule has 1 saturated heterocycles. The van der Waals surface area contributed by atoms with Crippen molar-refractivity contribution in [1.29, 1.82) is 0 Å². The van der Waals surface area contributed by atoms with Gasteiger partial charge in [0.2, 0.25) is 0 Å². The van der Waals surface area contributed by atoms with E-state index in [4.69, 9.17) is 18.9 Å². The Balaban J connectivity index is 1.31. The fraction of sp³-hybridized carbons (Fsp3) is 0.464. The number of hydrogen-bond donors (Lipinski definition) is 0. The van der Waals surface area contributed by atoms with Gasteiger partial charge >= 0.3 is 0 Å². The van der Waals surface area contributed by atoms with Crippen LogP contribution in [0.15, 0.2) is 55.1 Å². The molecule has 7 heteroatoms. The van der Waals surface area contributed by atoms with Crippen LogP contribution in [0.3, 0.4) is 0 Å². The van der Waals surface area contributed by atoms with Crippen molar-refractivity contribution in [2.24, 2.45) is 0 Å². The molecule has 4 rings (SSSR count). The molecule has 0 amide bonds. The van der Waals surface area contributed by atoms with Gasteiger partial charge < -0.3 is 23.5 Å². The summed E-state index contributed by atoms with van der Waals surface area (Å²) in [5.41, 5.74) is 3.36. The van der Waals surface area contributed by atoms with E-state index in [0.29, 0.717) is 13.2 Å². The van der Waals surface area contributed by atoms with Gasteiger partial charge in [0, 0.05) is 39.1 Å². The van der Waals surface area contributed by atoms with Gasteiger partial charge in [0.05, 0.1) is 20.0 Å². The van der Waals surface area contributed by atoms with Crippen LogP contribution in [0.2, 0.25) is 0 Å². The van der Waals surface area contributed by atoms with E-state index in [-0.39, 0.29) is 5.60 Å². The predicted molar refractivity (Wildman–Crippen MR) is 136 cm³/mol. The Morgan fingerprint density at radius 3 is 2.43 bits per heavy atom. The Kier molecular flexibility index (Phi) is 8.31. The zero-order chi connectivity index (χ0) is 24.7. The molecule has 0 bridgehead atoms. The molecule has 2 aromatic carbocycles. The topological polar surface area (TPSA) is 58.0 Å². The number of aryl methyl sites for hydroxylation is 2. The number of imidazole rings is 1. The van der Waals surface area contributed by atoms with Gasteiger partial charge in [0.25, 0.3) is 0 Å². The van der Waals surface area contributed by atoms with Gasteiger partial charge in [-0.3, -0.25) is 4.90 Å². The summed E-state index contributed by atoms with van der Waals surface area (Å²) in [4.78, 5) is 6.54. The molecule has 0 aliphatic carbocycles. The maximum atomic E-state index is 6.21. The van der Waals surface area contributed by atoms with Crippen LogP contribution in [0, 0.1) is 13.8 Å². The number of benzene rings is 2. The van der Waals surface area contributed by atoms with E-state index >= 15 is 0 Å². The van der Waals surface area contributed by atoms with Crippen LogP contribution >= 0.6 is 0 Å². The first-order valence-corrected chi connectivity index (χ1v) is 12.2. The summed E-state index contributed by atoms with van der Waals surface area (Å²) in [6.07, 6.45) is 7.35. The first kappa shape index (κ1) is 25.1. The number of likely N-dealkylation sites (tertiary alicyclic amines) is 1. The number of piperidine rings is 1. The SMILES string of the molecule is COc1ccc(CN2CCC(COc3ccc(C)cc3C)(OC)CC2)cc1OCCn1ccnc1. The molecule has 0 unspecified atom stereocenters. The maximum absolute atomic E-state index is 6.21. The fourth-order valence-corrected chi connectivity index (χ4v) is 4.57. The molecule has 0 N–H and O–H groups in total. The van der Waals surface area contributed by atoms with Crippen LogP contribution in [-0.4, -0.2) is 60.6 Å². The van der Waals surface area contributed by atoms with Crippen molar-refractivity contribution in [2.75, 3.05) is 40.5 Å². The third-order valence-corrected chi connectivity index (χ3v) is 6.82. The minimum atomic E-state index is -0.255.